The lowest BCUT2D eigenvalue weighted by atomic mass is 10.1. The molecule has 0 unspecified atom stereocenters. The third kappa shape index (κ3) is 8.19. The molecule has 5 nitrogen and oxygen atoms in total. The number of guanidine groups is 1. The van der Waals surface area contributed by atoms with E-state index in [4.69, 9.17) is 9.47 Å². The van der Waals surface area contributed by atoms with Crippen molar-refractivity contribution in [3.05, 3.63) is 29.3 Å². The molecular weight excluding hydrogens is 417 g/mol. The molecule has 0 aliphatic rings. The van der Waals surface area contributed by atoms with Gasteiger partial charge in [0.1, 0.15) is 5.75 Å². The van der Waals surface area contributed by atoms with Crippen LogP contribution in [0.5, 0.6) is 5.75 Å². The van der Waals surface area contributed by atoms with E-state index in [1.807, 2.05) is 20.8 Å². The number of nitrogens with one attached hydrogen (secondary N) is 2. The zero-order chi connectivity index (χ0) is 17.3. The number of nitrogens with zero attached hydrogens (tertiary/aromatic N) is 1. The van der Waals surface area contributed by atoms with Crippen molar-refractivity contribution in [3.8, 4) is 5.75 Å². The number of hydrogen-bond acceptors (Lipinski definition) is 3. The zero-order valence-corrected chi connectivity index (χ0v) is 18.1. The summed E-state index contributed by atoms with van der Waals surface area (Å²) in [7, 11) is 3.42. The van der Waals surface area contributed by atoms with E-state index < -0.39 is 0 Å². The van der Waals surface area contributed by atoms with Crippen molar-refractivity contribution in [1.82, 2.24) is 10.6 Å². The first-order valence-electron chi connectivity index (χ1n) is 8.12. The van der Waals surface area contributed by atoms with Crippen LogP contribution in [0.25, 0.3) is 0 Å². The highest BCUT2D eigenvalue weighted by molar-refractivity contribution is 14.0. The van der Waals surface area contributed by atoms with Crippen LogP contribution in [0.2, 0.25) is 0 Å². The molecule has 0 saturated carbocycles. The molecule has 1 rings (SSSR count). The number of ether oxygens (including phenoxy) is 2. The third-order valence-corrected chi connectivity index (χ3v) is 3.69. The Bertz CT molecular complexity index is 519. The van der Waals surface area contributed by atoms with Crippen molar-refractivity contribution < 1.29 is 9.47 Å². The Morgan fingerprint density at radius 1 is 1.21 bits per heavy atom. The van der Waals surface area contributed by atoms with Crippen LogP contribution in [0.4, 0.5) is 0 Å². The van der Waals surface area contributed by atoms with Gasteiger partial charge in [0, 0.05) is 20.2 Å². The summed E-state index contributed by atoms with van der Waals surface area (Å²) >= 11 is 0. The fourth-order valence-corrected chi connectivity index (χ4v) is 2.02. The van der Waals surface area contributed by atoms with Gasteiger partial charge in [-0.25, -0.2) is 0 Å². The molecule has 0 aromatic heterocycles. The predicted octanol–water partition coefficient (Wildman–Crippen LogP) is 3.14. The summed E-state index contributed by atoms with van der Waals surface area (Å²) in [6.07, 6.45) is 0.911. The van der Waals surface area contributed by atoms with Gasteiger partial charge in [-0.3, -0.25) is 4.99 Å². The van der Waals surface area contributed by atoms with Crippen molar-refractivity contribution in [3.63, 3.8) is 0 Å². The average molecular weight is 449 g/mol. The molecule has 0 saturated heterocycles. The van der Waals surface area contributed by atoms with Gasteiger partial charge >= 0.3 is 0 Å². The topological polar surface area (TPSA) is 54.9 Å². The Kier molecular flexibility index (Phi) is 11.0. The molecule has 0 amide bonds. The van der Waals surface area contributed by atoms with E-state index in [1.54, 1.807) is 14.2 Å². The molecule has 0 spiro atoms. The van der Waals surface area contributed by atoms with Gasteiger partial charge in [-0.1, -0.05) is 12.1 Å². The largest absolute Gasteiger partial charge is 0.496 e. The first-order valence-corrected chi connectivity index (χ1v) is 8.12. The highest BCUT2D eigenvalue weighted by Gasteiger charge is 2.15. The Morgan fingerprint density at radius 2 is 1.92 bits per heavy atom. The number of hydrogen-bond donors (Lipinski definition) is 2. The minimum Gasteiger partial charge on any atom is -0.496 e. The van der Waals surface area contributed by atoms with Crippen molar-refractivity contribution in [2.75, 3.05) is 33.9 Å². The van der Waals surface area contributed by atoms with Crippen molar-refractivity contribution in [2.24, 2.45) is 4.99 Å². The lowest BCUT2D eigenvalue weighted by Gasteiger charge is -2.21. The minimum absolute atomic E-state index is 0. The summed E-state index contributed by atoms with van der Waals surface area (Å²) in [5.41, 5.74) is 2.14. The van der Waals surface area contributed by atoms with Crippen LogP contribution in [0.1, 0.15) is 31.9 Å². The van der Waals surface area contributed by atoms with Crippen LogP contribution in [-0.4, -0.2) is 45.4 Å². The van der Waals surface area contributed by atoms with Crippen molar-refractivity contribution >= 4 is 29.9 Å². The summed E-state index contributed by atoms with van der Waals surface area (Å²) in [6, 6.07) is 6.32. The predicted molar refractivity (Wildman–Crippen MR) is 112 cm³/mol. The van der Waals surface area contributed by atoms with E-state index in [9.17, 15) is 0 Å². The first-order chi connectivity index (χ1) is 10.9. The summed E-state index contributed by atoms with van der Waals surface area (Å²) < 4.78 is 10.8. The molecule has 0 bridgehead atoms. The van der Waals surface area contributed by atoms with E-state index >= 15 is 0 Å². The molecule has 2 N–H and O–H groups in total. The van der Waals surface area contributed by atoms with Gasteiger partial charge in [-0.05, 0) is 51.3 Å². The second-order valence-electron chi connectivity index (χ2n) is 6.14. The smallest absolute Gasteiger partial charge is 0.191 e. The molecule has 0 atom stereocenters. The second-order valence-corrected chi connectivity index (χ2v) is 6.14. The fraction of sp³-hybridized carbons (Fsp3) is 0.611. The SMILES string of the molecule is CCNC(=NCC(C)(C)OC)NCCc1ccc(C)c(OC)c1.I. The van der Waals surface area contributed by atoms with Gasteiger partial charge in [-0.15, -0.1) is 24.0 Å². The quantitative estimate of drug-likeness (QED) is 0.364. The molecule has 0 heterocycles. The second kappa shape index (κ2) is 11.5. The average Bonchev–Trinajstić information content (AvgIpc) is 2.54. The number of halogens is 1. The summed E-state index contributed by atoms with van der Waals surface area (Å²) in [4.78, 5) is 4.58. The molecule has 0 fully saturated rings. The van der Waals surface area contributed by atoms with E-state index in [0.717, 1.165) is 36.8 Å². The highest BCUT2D eigenvalue weighted by atomic mass is 127. The molecule has 138 valence electrons. The first kappa shape index (κ1) is 23.0. The van der Waals surface area contributed by atoms with Gasteiger partial charge in [0.25, 0.3) is 0 Å². The third-order valence-electron chi connectivity index (χ3n) is 3.69. The standard InChI is InChI=1S/C18H31N3O2.HI/c1-7-19-17(21-13-18(3,4)23-6)20-11-10-15-9-8-14(2)16(12-15)22-5;/h8-9,12H,7,10-11,13H2,1-6H3,(H2,19,20,21);1H. The minimum atomic E-state index is -0.257. The number of rotatable bonds is 8. The van der Waals surface area contributed by atoms with Crippen LogP contribution < -0.4 is 15.4 Å². The molecule has 1 aromatic rings. The van der Waals surface area contributed by atoms with Gasteiger partial charge in [0.05, 0.1) is 19.3 Å². The van der Waals surface area contributed by atoms with E-state index in [1.165, 1.54) is 5.56 Å². The normalized spacial score (nSPS) is 11.7. The molecule has 1 aromatic carbocycles. The summed E-state index contributed by atoms with van der Waals surface area (Å²) in [6.45, 7) is 10.4. The van der Waals surface area contributed by atoms with Gasteiger partial charge in [-0.2, -0.15) is 0 Å². The maximum absolute atomic E-state index is 5.40. The summed E-state index contributed by atoms with van der Waals surface area (Å²) in [5, 5.41) is 6.62. The fourth-order valence-electron chi connectivity index (χ4n) is 2.02. The molecule has 24 heavy (non-hydrogen) atoms. The molecule has 0 radical (unpaired) electrons. The maximum atomic E-state index is 5.40. The lowest BCUT2D eigenvalue weighted by Crippen LogP contribution is -2.40. The van der Waals surface area contributed by atoms with Crippen LogP contribution in [0.15, 0.2) is 23.2 Å². The van der Waals surface area contributed by atoms with Crippen LogP contribution in [0.3, 0.4) is 0 Å². The van der Waals surface area contributed by atoms with Crippen molar-refractivity contribution in [2.45, 2.75) is 39.7 Å². The number of benzene rings is 1. The molecule has 6 heteroatoms. The summed E-state index contributed by atoms with van der Waals surface area (Å²) in [5.74, 6) is 1.75. The number of methoxy groups -OCH3 is 2. The Hall–Kier alpha value is -1.02. The van der Waals surface area contributed by atoms with Gasteiger partial charge in [0.15, 0.2) is 5.96 Å². The van der Waals surface area contributed by atoms with E-state index in [2.05, 4.69) is 40.7 Å². The molecule has 0 aliphatic carbocycles. The Morgan fingerprint density at radius 3 is 2.50 bits per heavy atom. The number of aliphatic imine (C=N–C) groups is 1. The van der Waals surface area contributed by atoms with Crippen LogP contribution in [-0.2, 0) is 11.2 Å². The van der Waals surface area contributed by atoms with E-state index in [0.29, 0.717) is 6.54 Å². The lowest BCUT2D eigenvalue weighted by molar-refractivity contribution is 0.0310. The Balaban J connectivity index is 0.00000529. The molecule has 0 aliphatic heterocycles. The maximum Gasteiger partial charge on any atom is 0.191 e. The zero-order valence-electron chi connectivity index (χ0n) is 15.7. The molecular formula is C18H32IN3O2. The monoisotopic (exact) mass is 449 g/mol. The Labute approximate surface area is 163 Å². The van der Waals surface area contributed by atoms with Crippen molar-refractivity contribution in [1.29, 1.82) is 0 Å². The number of aryl methyl sites for hydroxylation is 1. The van der Waals surface area contributed by atoms with Gasteiger partial charge < -0.3 is 20.1 Å². The highest BCUT2D eigenvalue weighted by Crippen LogP contribution is 2.19. The van der Waals surface area contributed by atoms with E-state index in [-0.39, 0.29) is 29.6 Å². The van der Waals surface area contributed by atoms with Gasteiger partial charge in [0.2, 0.25) is 0 Å². The van der Waals surface area contributed by atoms with Crippen LogP contribution >= 0.6 is 24.0 Å². The van der Waals surface area contributed by atoms with Crippen LogP contribution in [0, 0.1) is 6.92 Å².